The quantitative estimate of drug-likeness (QED) is 0.418. The van der Waals surface area contributed by atoms with Crippen molar-refractivity contribution >= 4 is 23.5 Å². The van der Waals surface area contributed by atoms with E-state index in [0.29, 0.717) is 32.2 Å². The van der Waals surface area contributed by atoms with Gasteiger partial charge in [-0.2, -0.15) is 0 Å². The smallest absolute Gasteiger partial charge is 0.328 e. The minimum absolute atomic E-state index is 0.0581. The molecule has 1 saturated heterocycles. The zero-order chi connectivity index (χ0) is 24.2. The van der Waals surface area contributed by atoms with Crippen molar-refractivity contribution in [1.29, 1.82) is 0 Å². The number of nitrogens with zero attached hydrogens (tertiary/aromatic N) is 2. The van der Waals surface area contributed by atoms with Crippen LogP contribution < -0.4 is 5.32 Å². The lowest BCUT2D eigenvalue weighted by atomic mass is 9.80. The number of urea groups is 1. The largest absolute Gasteiger partial charge is 0.396 e. The number of carbonyl (C=O) groups excluding carboxylic acids is 3. The minimum atomic E-state index is -0.829. The third-order valence-electron chi connectivity index (χ3n) is 7.03. The number of aliphatic hydroxyl groups is 1. The Hall–Kier alpha value is -2.41. The van der Waals surface area contributed by atoms with E-state index in [1.54, 1.807) is 4.90 Å². The van der Waals surface area contributed by atoms with Crippen LogP contribution in [0.1, 0.15) is 95.6 Å². The number of unbranched alkanes of at least 4 members (excludes halogenated alkanes) is 1. The van der Waals surface area contributed by atoms with Crippen LogP contribution in [0.2, 0.25) is 0 Å². The normalized spacial score (nSPS) is 18.2. The van der Waals surface area contributed by atoms with Crippen LogP contribution in [-0.2, 0) is 9.59 Å². The molecule has 1 aromatic rings. The summed E-state index contributed by atoms with van der Waals surface area (Å²) in [5.74, 6) is -0.148. The van der Waals surface area contributed by atoms with E-state index >= 15 is 0 Å². The van der Waals surface area contributed by atoms with Gasteiger partial charge in [-0.3, -0.25) is 14.5 Å². The summed E-state index contributed by atoms with van der Waals surface area (Å²) in [6.07, 6.45) is 5.35. The number of benzene rings is 1. The number of hydrogen-bond donors (Lipinski definition) is 2. The van der Waals surface area contributed by atoms with Crippen LogP contribution in [-0.4, -0.2) is 58.0 Å². The Bertz CT molecular complexity index is 848. The molecule has 1 saturated carbocycles. The molecular formula is C26H39N3O4. The van der Waals surface area contributed by atoms with Gasteiger partial charge in [-0.1, -0.05) is 65.2 Å². The third kappa shape index (κ3) is 5.08. The number of amides is 4. The first-order chi connectivity index (χ1) is 15.7. The van der Waals surface area contributed by atoms with Crippen LogP contribution in [0.4, 0.5) is 10.5 Å². The zero-order valence-corrected chi connectivity index (χ0v) is 20.5. The van der Waals surface area contributed by atoms with E-state index in [-0.39, 0.29) is 42.8 Å². The molecule has 1 spiro atoms. The highest BCUT2D eigenvalue weighted by Crippen LogP contribution is 2.40. The van der Waals surface area contributed by atoms with Gasteiger partial charge < -0.3 is 15.3 Å². The lowest BCUT2D eigenvalue weighted by Gasteiger charge is -2.38. The van der Waals surface area contributed by atoms with Gasteiger partial charge >= 0.3 is 6.03 Å². The molecule has 7 nitrogen and oxygen atoms in total. The maximum atomic E-state index is 13.5. The molecule has 2 N–H and O–H groups in total. The van der Waals surface area contributed by atoms with Crippen LogP contribution in [0, 0.1) is 0 Å². The average Bonchev–Trinajstić information content (AvgIpc) is 2.96. The molecular weight excluding hydrogens is 418 g/mol. The highest BCUT2D eigenvalue weighted by Gasteiger charge is 2.57. The number of para-hydroxylation sites is 1. The first-order valence-corrected chi connectivity index (χ1v) is 12.4. The van der Waals surface area contributed by atoms with Crippen molar-refractivity contribution in [3.8, 4) is 0 Å². The summed E-state index contributed by atoms with van der Waals surface area (Å²) in [4.78, 5) is 42.8. The highest BCUT2D eigenvalue weighted by atomic mass is 16.3. The molecule has 33 heavy (non-hydrogen) atoms. The first-order valence-electron chi connectivity index (χ1n) is 12.4. The van der Waals surface area contributed by atoms with Gasteiger partial charge in [0.15, 0.2) is 0 Å². The molecule has 2 fully saturated rings. The highest BCUT2D eigenvalue weighted by molar-refractivity contribution is 6.10. The Morgan fingerprint density at radius 3 is 2.18 bits per heavy atom. The van der Waals surface area contributed by atoms with E-state index in [4.69, 9.17) is 5.11 Å². The number of aliphatic hydroxyl groups excluding tert-OH is 1. The Morgan fingerprint density at radius 2 is 1.64 bits per heavy atom. The van der Waals surface area contributed by atoms with E-state index in [0.717, 1.165) is 41.0 Å². The lowest BCUT2D eigenvalue weighted by molar-refractivity contribution is -0.136. The number of imide groups is 1. The van der Waals surface area contributed by atoms with Crippen LogP contribution in [0.25, 0.3) is 0 Å². The summed E-state index contributed by atoms with van der Waals surface area (Å²) in [5.41, 5.74) is 2.05. The summed E-state index contributed by atoms with van der Waals surface area (Å²) in [6, 6.07) is 5.65. The second-order valence-corrected chi connectivity index (χ2v) is 10.0. The third-order valence-corrected chi connectivity index (χ3v) is 7.03. The van der Waals surface area contributed by atoms with Crippen LogP contribution in [0.5, 0.6) is 0 Å². The molecule has 182 valence electrons. The molecule has 1 aromatic carbocycles. The second-order valence-electron chi connectivity index (χ2n) is 10.0. The van der Waals surface area contributed by atoms with E-state index in [1.165, 1.54) is 0 Å². The number of anilines is 1. The second kappa shape index (κ2) is 10.7. The molecule has 0 atom stereocenters. The number of rotatable bonds is 9. The molecule has 2 aliphatic rings. The Morgan fingerprint density at radius 1 is 1.03 bits per heavy atom. The predicted molar refractivity (Wildman–Crippen MR) is 129 cm³/mol. The van der Waals surface area contributed by atoms with E-state index in [9.17, 15) is 14.4 Å². The summed E-state index contributed by atoms with van der Waals surface area (Å²) in [7, 11) is 0. The van der Waals surface area contributed by atoms with Gasteiger partial charge in [0.1, 0.15) is 12.1 Å². The molecule has 1 aliphatic heterocycles. The fraction of sp³-hybridized carbons (Fsp3) is 0.654. The topological polar surface area (TPSA) is 90.0 Å². The lowest BCUT2D eigenvalue weighted by Crippen LogP contribution is -2.51. The van der Waals surface area contributed by atoms with Gasteiger partial charge in [0.25, 0.3) is 5.91 Å². The van der Waals surface area contributed by atoms with Crippen molar-refractivity contribution in [2.45, 2.75) is 90.0 Å². The van der Waals surface area contributed by atoms with Crippen molar-refractivity contribution in [1.82, 2.24) is 9.80 Å². The molecule has 0 unspecified atom stereocenters. The molecule has 0 bridgehead atoms. The summed E-state index contributed by atoms with van der Waals surface area (Å²) >= 11 is 0. The molecule has 0 radical (unpaired) electrons. The number of hydrogen-bond acceptors (Lipinski definition) is 4. The monoisotopic (exact) mass is 457 g/mol. The van der Waals surface area contributed by atoms with Gasteiger partial charge in [0.2, 0.25) is 5.91 Å². The van der Waals surface area contributed by atoms with Gasteiger partial charge in [0.05, 0.1) is 0 Å². The average molecular weight is 458 g/mol. The number of nitrogens with one attached hydrogen (secondary N) is 1. The first kappa shape index (κ1) is 25.2. The molecule has 3 rings (SSSR count). The van der Waals surface area contributed by atoms with Crippen molar-refractivity contribution in [3.05, 3.63) is 29.3 Å². The fourth-order valence-corrected chi connectivity index (χ4v) is 5.25. The molecule has 1 aliphatic carbocycles. The van der Waals surface area contributed by atoms with E-state index < -0.39 is 5.54 Å². The standard InChI is InChI=1S/C26H39N3O4/c1-18(2)20-11-10-12-21(19(3)4)23(20)27-22(31)17-28-24(32)26(13-6-5-7-14-26)29(25(28)33)15-8-9-16-30/h10-12,18-19,30H,5-9,13-17H2,1-4H3,(H,27,31). The van der Waals surface area contributed by atoms with Crippen LogP contribution in [0.15, 0.2) is 18.2 Å². The SMILES string of the molecule is CC(C)c1cccc(C(C)C)c1NC(=O)CN1C(=O)N(CCCCO)C2(CCCCC2)C1=O. The summed E-state index contributed by atoms with van der Waals surface area (Å²) in [6.45, 7) is 8.54. The van der Waals surface area contributed by atoms with Gasteiger partial charge in [-0.05, 0) is 48.6 Å². The molecule has 7 heteroatoms. The van der Waals surface area contributed by atoms with Crippen molar-refractivity contribution < 1.29 is 19.5 Å². The van der Waals surface area contributed by atoms with Crippen molar-refractivity contribution in [2.24, 2.45) is 0 Å². The van der Waals surface area contributed by atoms with Gasteiger partial charge in [-0.25, -0.2) is 4.79 Å². The maximum absolute atomic E-state index is 13.5. The number of carbonyl (C=O) groups is 3. The van der Waals surface area contributed by atoms with Gasteiger partial charge in [-0.15, -0.1) is 0 Å². The maximum Gasteiger partial charge on any atom is 0.328 e. The minimum Gasteiger partial charge on any atom is -0.396 e. The zero-order valence-electron chi connectivity index (χ0n) is 20.5. The Kier molecular flexibility index (Phi) is 8.16. The fourth-order valence-electron chi connectivity index (χ4n) is 5.25. The van der Waals surface area contributed by atoms with Crippen molar-refractivity contribution in [3.63, 3.8) is 0 Å². The molecule has 0 aromatic heterocycles. The van der Waals surface area contributed by atoms with Crippen LogP contribution in [0.3, 0.4) is 0 Å². The van der Waals surface area contributed by atoms with E-state index in [2.05, 4.69) is 33.0 Å². The van der Waals surface area contributed by atoms with Crippen molar-refractivity contribution in [2.75, 3.05) is 25.0 Å². The molecule has 1 heterocycles. The summed E-state index contributed by atoms with van der Waals surface area (Å²) in [5, 5.41) is 12.2. The van der Waals surface area contributed by atoms with Crippen LogP contribution >= 0.6 is 0 Å². The van der Waals surface area contributed by atoms with E-state index in [1.807, 2.05) is 18.2 Å². The molecule has 4 amide bonds. The summed E-state index contributed by atoms with van der Waals surface area (Å²) < 4.78 is 0. The predicted octanol–water partition coefficient (Wildman–Crippen LogP) is 4.61. The Labute approximate surface area is 197 Å². The Balaban J connectivity index is 1.82. The van der Waals surface area contributed by atoms with Gasteiger partial charge in [0, 0.05) is 18.8 Å².